The zero-order valence-electron chi connectivity index (χ0n) is 16.6. The number of anilines is 1. The highest BCUT2D eigenvalue weighted by atomic mass is 35.5. The topological polar surface area (TPSA) is 71.3 Å². The molecule has 2 rings (SSSR count). The second-order valence-corrected chi connectivity index (χ2v) is 7.01. The molecule has 2 aromatic carbocycles. The van der Waals surface area contributed by atoms with Gasteiger partial charge < -0.3 is 14.8 Å². The molecule has 0 bridgehead atoms. The van der Waals surface area contributed by atoms with Crippen LogP contribution in [0.1, 0.15) is 36.5 Å². The lowest BCUT2D eigenvalue weighted by Gasteiger charge is -2.15. The Bertz CT molecular complexity index is 959. The first-order chi connectivity index (χ1) is 13.3. The van der Waals surface area contributed by atoms with Gasteiger partial charge in [-0.25, -0.2) is 0 Å². The molecule has 146 valence electrons. The Labute approximate surface area is 170 Å². The van der Waals surface area contributed by atoms with E-state index >= 15 is 0 Å². The zero-order valence-corrected chi connectivity index (χ0v) is 17.3. The van der Waals surface area contributed by atoms with Gasteiger partial charge in [0.05, 0.1) is 19.9 Å². The third kappa shape index (κ3) is 4.85. The van der Waals surface area contributed by atoms with Crippen LogP contribution in [0.2, 0.25) is 5.02 Å². The molecule has 0 saturated carbocycles. The Morgan fingerprint density at radius 1 is 1.18 bits per heavy atom. The number of amides is 1. The van der Waals surface area contributed by atoms with Crippen molar-refractivity contribution in [1.82, 2.24) is 0 Å². The number of benzene rings is 2. The first-order valence-corrected chi connectivity index (χ1v) is 9.13. The quantitative estimate of drug-likeness (QED) is 0.527. The standard InChI is InChI=1S/C22H23ClN2O3/c1-13(2)18-10-15(14(3)8-21(18)28-5)9-16(12-24)22(26)25-19-11-17(23)6-7-20(19)27-4/h6-11,13H,1-5H3,(H,25,26)/b16-9+. The van der Waals surface area contributed by atoms with Crippen molar-refractivity contribution in [2.75, 3.05) is 19.5 Å². The molecule has 1 amide bonds. The molecular weight excluding hydrogens is 376 g/mol. The molecule has 0 spiro atoms. The van der Waals surface area contributed by atoms with Crippen molar-refractivity contribution in [1.29, 1.82) is 5.26 Å². The number of rotatable bonds is 6. The molecule has 0 saturated heterocycles. The fourth-order valence-electron chi connectivity index (χ4n) is 2.77. The second kappa shape index (κ2) is 9.29. The molecule has 2 aromatic rings. The Balaban J connectivity index is 2.41. The minimum absolute atomic E-state index is 0.0231. The first kappa shape index (κ1) is 21.3. The number of ether oxygens (including phenoxy) is 2. The van der Waals surface area contributed by atoms with Gasteiger partial charge in [0.1, 0.15) is 23.1 Å². The normalized spacial score (nSPS) is 11.1. The maximum absolute atomic E-state index is 12.7. The van der Waals surface area contributed by atoms with Crippen LogP contribution < -0.4 is 14.8 Å². The van der Waals surface area contributed by atoms with E-state index < -0.39 is 5.91 Å². The zero-order chi connectivity index (χ0) is 20.8. The Morgan fingerprint density at radius 2 is 1.86 bits per heavy atom. The lowest BCUT2D eigenvalue weighted by molar-refractivity contribution is -0.112. The number of carbonyl (C=O) groups excluding carboxylic acids is 1. The molecule has 0 heterocycles. The molecule has 5 nitrogen and oxygen atoms in total. The number of halogens is 1. The Kier molecular flexibility index (Phi) is 7.08. The minimum atomic E-state index is -0.538. The van der Waals surface area contributed by atoms with E-state index in [4.69, 9.17) is 21.1 Å². The van der Waals surface area contributed by atoms with E-state index in [0.717, 1.165) is 22.4 Å². The molecule has 0 radical (unpaired) electrons. The fraction of sp³-hybridized carbons (Fsp3) is 0.273. The number of aryl methyl sites for hydroxylation is 1. The lowest BCUT2D eigenvalue weighted by Crippen LogP contribution is -2.14. The van der Waals surface area contributed by atoms with Crippen LogP contribution in [0.4, 0.5) is 5.69 Å². The van der Waals surface area contributed by atoms with Crippen LogP contribution in [0.5, 0.6) is 11.5 Å². The molecule has 6 heteroatoms. The summed E-state index contributed by atoms with van der Waals surface area (Å²) < 4.78 is 10.7. The highest BCUT2D eigenvalue weighted by Crippen LogP contribution is 2.31. The molecule has 0 fully saturated rings. The van der Waals surface area contributed by atoms with Crippen molar-refractivity contribution in [2.45, 2.75) is 26.7 Å². The van der Waals surface area contributed by atoms with Gasteiger partial charge >= 0.3 is 0 Å². The van der Waals surface area contributed by atoms with Crippen LogP contribution in [0, 0.1) is 18.3 Å². The van der Waals surface area contributed by atoms with Crippen LogP contribution in [-0.2, 0) is 4.79 Å². The Morgan fingerprint density at radius 3 is 2.43 bits per heavy atom. The summed E-state index contributed by atoms with van der Waals surface area (Å²) in [5, 5.41) is 12.7. The van der Waals surface area contributed by atoms with Crippen molar-refractivity contribution in [3.8, 4) is 17.6 Å². The highest BCUT2D eigenvalue weighted by Gasteiger charge is 2.15. The average Bonchev–Trinajstić information content (AvgIpc) is 2.66. The van der Waals surface area contributed by atoms with Crippen molar-refractivity contribution in [3.63, 3.8) is 0 Å². The van der Waals surface area contributed by atoms with Gasteiger partial charge in [-0.1, -0.05) is 25.4 Å². The number of carbonyl (C=O) groups is 1. The van der Waals surface area contributed by atoms with E-state index in [1.807, 2.05) is 25.1 Å². The average molecular weight is 399 g/mol. The van der Waals surface area contributed by atoms with Crippen LogP contribution in [-0.4, -0.2) is 20.1 Å². The molecular formula is C22H23ClN2O3. The van der Waals surface area contributed by atoms with Crippen molar-refractivity contribution < 1.29 is 14.3 Å². The molecule has 0 aromatic heterocycles. The SMILES string of the molecule is COc1ccc(Cl)cc1NC(=O)/C(C#N)=C/c1cc(C(C)C)c(OC)cc1C. The van der Waals surface area contributed by atoms with Gasteiger partial charge in [-0.05, 0) is 65.9 Å². The summed E-state index contributed by atoms with van der Waals surface area (Å²) in [6, 6.07) is 10.7. The smallest absolute Gasteiger partial charge is 0.266 e. The fourth-order valence-corrected chi connectivity index (χ4v) is 2.94. The number of hydrogen-bond acceptors (Lipinski definition) is 4. The van der Waals surface area contributed by atoms with Gasteiger partial charge in [0.2, 0.25) is 0 Å². The maximum Gasteiger partial charge on any atom is 0.266 e. The van der Waals surface area contributed by atoms with Crippen LogP contribution in [0.15, 0.2) is 35.9 Å². The molecule has 0 unspecified atom stereocenters. The van der Waals surface area contributed by atoms with E-state index in [1.54, 1.807) is 31.4 Å². The van der Waals surface area contributed by atoms with E-state index in [2.05, 4.69) is 19.2 Å². The summed E-state index contributed by atoms with van der Waals surface area (Å²) in [5.74, 6) is 0.941. The van der Waals surface area contributed by atoms with Crippen LogP contribution in [0.25, 0.3) is 6.08 Å². The van der Waals surface area contributed by atoms with Gasteiger partial charge in [-0.2, -0.15) is 5.26 Å². The summed E-state index contributed by atoms with van der Waals surface area (Å²) >= 11 is 6.00. The number of nitrogens with zero attached hydrogens (tertiary/aromatic N) is 1. The summed E-state index contributed by atoms with van der Waals surface area (Å²) in [6.45, 7) is 6.03. The van der Waals surface area contributed by atoms with E-state index in [-0.39, 0.29) is 11.5 Å². The molecule has 0 aliphatic heterocycles. The van der Waals surface area contributed by atoms with Gasteiger partial charge in [0.15, 0.2) is 0 Å². The van der Waals surface area contributed by atoms with Gasteiger partial charge in [-0.15, -0.1) is 0 Å². The van der Waals surface area contributed by atoms with Gasteiger partial charge in [0, 0.05) is 5.02 Å². The maximum atomic E-state index is 12.7. The lowest BCUT2D eigenvalue weighted by atomic mass is 9.95. The van der Waals surface area contributed by atoms with E-state index in [0.29, 0.717) is 16.5 Å². The third-order valence-corrected chi connectivity index (χ3v) is 4.55. The van der Waals surface area contributed by atoms with Crippen molar-refractivity contribution in [2.24, 2.45) is 0 Å². The van der Waals surface area contributed by atoms with Crippen molar-refractivity contribution >= 4 is 29.3 Å². The number of hydrogen-bond donors (Lipinski definition) is 1. The highest BCUT2D eigenvalue weighted by molar-refractivity contribution is 6.31. The van der Waals surface area contributed by atoms with E-state index in [1.165, 1.54) is 7.11 Å². The summed E-state index contributed by atoms with van der Waals surface area (Å²) in [4.78, 5) is 12.7. The molecule has 0 aliphatic rings. The summed E-state index contributed by atoms with van der Waals surface area (Å²) in [7, 11) is 3.12. The first-order valence-electron chi connectivity index (χ1n) is 8.75. The van der Waals surface area contributed by atoms with Gasteiger partial charge in [0.25, 0.3) is 5.91 Å². The molecule has 1 N–H and O–H groups in total. The predicted octanol–water partition coefficient (Wildman–Crippen LogP) is 5.33. The summed E-state index contributed by atoms with van der Waals surface area (Å²) in [5.41, 5.74) is 3.07. The monoisotopic (exact) mass is 398 g/mol. The largest absolute Gasteiger partial charge is 0.496 e. The number of nitrogens with one attached hydrogen (secondary N) is 1. The van der Waals surface area contributed by atoms with Crippen LogP contribution >= 0.6 is 11.6 Å². The second-order valence-electron chi connectivity index (χ2n) is 6.57. The Hall–Kier alpha value is -2.97. The van der Waals surface area contributed by atoms with E-state index in [9.17, 15) is 10.1 Å². The third-order valence-electron chi connectivity index (χ3n) is 4.32. The molecule has 0 aliphatic carbocycles. The predicted molar refractivity (Wildman–Crippen MR) is 112 cm³/mol. The molecule has 28 heavy (non-hydrogen) atoms. The van der Waals surface area contributed by atoms with Crippen molar-refractivity contribution in [3.05, 3.63) is 57.6 Å². The summed E-state index contributed by atoms with van der Waals surface area (Å²) in [6.07, 6.45) is 1.58. The number of methoxy groups -OCH3 is 2. The number of nitriles is 1. The molecule has 0 atom stereocenters. The van der Waals surface area contributed by atoms with Crippen LogP contribution in [0.3, 0.4) is 0 Å². The van der Waals surface area contributed by atoms with Gasteiger partial charge in [-0.3, -0.25) is 4.79 Å². The minimum Gasteiger partial charge on any atom is -0.496 e.